The highest BCUT2D eigenvalue weighted by molar-refractivity contribution is 5.80. The second-order valence-electron chi connectivity index (χ2n) is 11.5. The molecular formula is C35H53NO8. The largest absolute Gasteiger partial charge is 0.504 e. The number of rotatable bonds is 26. The van der Waals surface area contributed by atoms with Crippen LogP contribution in [-0.4, -0.2) is 58.7 Å². The number of hydrogen-bond donors (Lipinski definition) is 4. The molecule has 9 heteroatoms. The van der Waals surface area contributed by atoms with Crippen LogP contribution in [-0.2, 0) is 16.0 Å². The number of para-hydroxylation sites is 1. The van der Waals surface area contributed by atoms with Gasteiger partial charge in [-0.15, -0.1) is 0 Å². The lowest BCUT2D eigenvalue weighted by molar-refractivity contribution is -0.136. The van der Waals surface area contributed by atoms with Gasteiger partial charge in [-0.25, -0.2) is 0 Å². The van der Waals surface area contributed by atoms with E-state index in [4.69, 9.17) is 9.47 Å². The minimum atomic E-state index is -1.13. The first-order valence-corrected chi connectivity index (χ1v) is 16.4. The Hall–Kier alpha value is -3.62. The van der Waals surface area contributed by atoms with Crippen molar-refractivity contribution in [2.75, 3.05) is 31.2 Å². The van der Waals surface area contributed by atoms with Crippen LogP contribution in [0.1, 0.15) is 109 Å². The molecule has 0 heterocycles. The number of hydrogen-bond acceptors (Lipinski definition) is 7. The normalized spacial score (nSPS) is 10.9. The molecule has 0 aliphatic heterocycles. The Labute approximate surface area is 262 Å². The van der Waals surface area contributed by atoms with Gasteiger partial charge in [0.1, 0.15) is 13.1 Å². The van der Waals surface area contributed by atoms with Gasteiger partial charge in [-0.3, -0.25) is 9.59 Å². The number of carboxylic acids is 2. The first-order chi connectivity index (χ1) is 21.3. The summed E-state index contributed by atoms with van der Waals surface area (Å²) < 4.78 is 12.1. The number of anilines is 1. The van der Waals surface area contributed by atoms with Gasteiger partial charge < -0.3 is 34.8 Å². The molecule has 0 fully saturated rings. The van der Waals surface area contributed by atoms with Gasteiger partial charge in [-0.1, -0.05) is 89.7 Å². The maximum atomic E-state index is 11.4. The number of aliphatic carboxylic acids is 2. The second-order valence-corrected chi connectivity index (χ2v) is 11.5. The van der Waals surface area contributed by atoms with Gasteiger partial charge in [0.2, 0.25) is 0 Å². The summed E-state index contributed by atoms with van der Waals surface area (Å²) in [5, 5.41) is 38.2. The average Bonchev–Trinajstić information content (AvgIpc) is 2.99. The van der Waals surface area contributed by atoms with Crippen molar-refractivity contribution >= 4 is 17.6 Å². The molecule has 2 aromatic carbocycles. The molecule has 44 heavy (non-hydrogen) atoms. The zero-order chi connectivity index (χ0) is 32.0. The first-order valence-electron chi connectivity index (χ1n) is 16.4. The van der Waals surface area contributed by atoms with Crippen molar-refractivity contribution in [3.05, 3.63) is 42.0 Å². The molecule has 0 saturated heterocycles. The minimum Gasteiger partial charge on any atom is -0.504 e. The van der Waals surface area contributed by atoms with Gasteiger partial charge in [-0.05, 0) is 55.9 Å². The smallest absolute Gasteiger partial charge is 0.323 e. The van der Waals surface area contributed by atoms with Crippen LogP contribution in [0.25, 0.3) is 0 Å². The van der Waals surface area contributed by atoms with E-state index in [9.17, 15) is 30.0 Å². The zero-order valence-electron chi connectivity index (χ0n) is 26.5. The standard InChI is InChI=1S/C35H53NO8/c1-2-3-4-5-6-7-8-9-10-11-12-15-23-43-31-22-21-29(36(26-33(38)39)27-34(40)41)25-32(31)44-24-16-13-14-18-28-19-17-20-30(37)35(28)42/h17,19-22,25,37,42H,2-16,18,23-24,26-27H2,1H3,(H,38,39)(H,40,41). The van der Waals surface area contributed by atoms with Crippen LogP contribution in [0.3, 0.4) is 0 Å². The molecule has 4 N–H and O–H groups in total. The van der Waals surface area contributed by atoms with Crippen LogP contribution in [0.4, 0.5) is 5.69 Å². The third-order valence-corrected chi connectivity index (χ3v) is 7.65. The summed E-state index contributed by atoms with van der Waals surface area (Å²) in [6, 6.07) is 9.97. The van der Waals surface area contributed by atoms with E-state index >= 15 is 0 Å². The molecule has 2 rings (SSSR count). The molecule has 0 aliphatic carbocycles. The monoisotopic (exact) mass is 615 g/mol. The van der Waals surface area contributed by atoms with E-state index in [1.165, 1.54) is 75.2 Å². The van der Waals surface area contributed by atoms with E-state index in [1.807, 2.05) is 0 Å². The predicted molar refractivity (Wildman–Crippen MR) is 173 cm³/mol. The Bertz CT molecular complexity index is 1090. The molecule has 0 unspecified atom stereocenters. The van der Waals surface area contributed by atoms with E-state index in [-0.39, 0.29) is 11.5 Å². The van der Waals surface area contributed by atoms with Crippen molar-refractivity contribution in [3.8, 4) is 23.0 Å². The van der Waals surface area contributed by atoms with Gasteiger partial charge in [0.25, 0.3) is 0 Å². The summed E-state index contributed by atoms with van der Waals surface area (Å²) >= 11 is 0. The molecule has 0 amide bonds. The SMILES string of the molecule is CCCCCCCCCCCCCCOc1ccc(N(CC(=O)O)CC(=O)O)cc1OCCCCCc1cccc(O)c1O. The minimum absolute atomic E-state index is 0.0807. The van der Waals surface area contributed by atoms with Crippen molar-refractivity contribution in [1.29, 1.82) is 0 Å². The van der Waals surface area contributed by atoms with E-state index < -0.39 is 25.0 Å². The molecule has 246 valence electrons. The summed E-state index contributed by atoms with van der Waals surface area (Å²) in [4.78, 5) is 24.0. The van der Waals surface area contributed by atoms with Crippen LogP contribution in [0.5, 0.6) is 23.0 Å². The number of benzene rings is 2. The lowest BCUT2D eigenvalue weighted by atomic mass is 10.1. The molecule has 0 aliphatic rings. The number of carbonyl (C=O) groups is 2. The number of aromatic hydroxyl groups is 2. The molecule has 0 bridgehead atoms. The predicted octanol–water partition coefficient (Wildman–Crippen LogP) is 7.95. The van der Waals surface area contributed by atoms with Gasteiger partial charge in [0.15, 0.2) is 23.0 Å². The summed E-state index contributed by atoms with van der Waals surface area (Å²) in [5.41, 5.74) is 1.13. The van der Waals surface area contributed by atoms with Gasteiger partial charge in [0.05, 0.1) is 13.2 Å². The summed E-state index contributed by atoms with van der Waals surface area (Å²) in [7, 11) is 0. The van der Waals surface area contributed by atoms with Gasteiger partial charge in [0, 0.05) is 11.8 Å². The number of carboxylic acid groups (broad SMARTS) is 2. The zero-order valence-corrected chi connectivity index (χ0v) is 26.5. The number of phenols is 2. The molecule has 0 saturated carbocycles. The second kappa shape index (κ2) is 22.0. The number of nitrogens with zero attached hydrogens (tertiary/aromatic N) is 1. The molecule has 0 spiro atoms. The molecular weight excluding hydrogens is 562 g/mol. The third-order valence-electron chi connectivity index (χ3n) is 7.65. The summed E-state index contributed by atoms with van der Waals surface area (Å²) in [6.45, 7) is 2.27. The molecule has 0 radical (unpaired) electrons. The average molecular weight is 616 g/mol. The Balaban J connectivity index is 1.84. The van der Waals surface area contributed by atoms with Crippen LogP contribution in [0.2, 0.25) is 0 Å². The number of phenolic OH excluding ortho intramolecular Hbond substituents is 2. The van der Waals surface area contributed by atoms with Crippen molar-refractivity contribution in [2.45, 2.75) is 110 Å². The Morgan fingerprint density at radius 2 is 1.18 bits per heavy atom. The maximum Gasteiger partial charge on any atom is 0.323 e. The highest BCUT2D eigenvalue weighted by Crippen LogP contribution is 2.33. The molecule has 0 atom stereocenters. The fourth-order valence-electron chi connectivity index (χ4n) is 5.17. The third kappa shape index (κ3) is 15.2. The van der Waals surface area contributed by atoms with Crippen molar-refractivity contribution in [3.63, 3.8) is 0 Å². The van der Waals surface area contributed by atoms with Crippen molar-refractivity contribution < 1.29 is 39.5 Å². The van der Waals surface area contributed by atoms with E-state index in [1.54, 1.807) is 30.3 Å². The number of unbranched alkanes of at least 4 members (excludes halogenated alkanes) is 13. The fourth-order valence-corrected chi connectivity index (χ4v) is 5.17. The highest BCUT2D eigenvalue weighted by Gasteiger charge is 2.17. The topological polar surface area (TPSA) is 137 Å². The Morgan fingerprint density at radius 1 is 0.659 bits per heavy atom. The van der Waals surface area contributed by atoms with Crippen LogP contribution in [0.15, 0.2) is 36.4 Å². The summed E-state index contributed by atoms with van der Waals surface area (Å²) in [5.74, 6) is -1.46. The lowest BCUT2D eigenvalue weighted by Crippen LogP contribution is -2.34. The van der Waals surface area contributed by atoms with Crippen molar-refractivity contribution in [2.24, 2.45) is 0 Å². The molecule has 0 aromatic heterocycles. The highest BCUT2D eigenvalue weighted by atomic mass is 16.5. The molecule has 2 aromatic rings. The quantitative estimate of drug-likeness (QED) is 0.0614. The molecule has 9 nitrogen and oxygen atoms in total. The van der Waals surface area contributed by atoms with E-state index in [0.29, 0.717) is 42.4 Å². The maximum absolute atomic E-state index is 11.4. The lowest BCUT2D eigenvalue weighted by Gasteiger charge is -2.22. The number of ether oxygens (including phenoxy) is 2. The van der Waals surface area contributed by atoms with Crippen LogP contribution >= 0.6 is 0 Å². The van der Waals surface area contributed by atoms with Gasteiger partial charge in [-0.2, -0.15) is 0 Å². The van der Waals surface area contributed by atoms with Crippen LogP contribution < -0.4 is 14.4 Å². The van der Waals surface area contributed by atoms with Gasteiger partial charge >= 0.3 is 11.9 Å². The Morgan fingerprint density at radius 3 is 1.75 bits per heavy atom. The fraction of sp³-hybridized carbons (Fsp3) is 0.600. The van der Waals surface area contributed by atoms with Crippen LogP contribution in [0, 0.1) is 0 Å². The first kappa shape index (κ1) is 36.6. The number of aryl methyl sites for hydroxylation is 1. The summed E-state index contributed by atoms with van der Waals surface area (Å²) in [6.07, 6.45) is 18.1. The van der Waals surface area contributed by atoms with Crippen molar-refractivity contribution in [1.82, 2.24) is 0 Å². The Kier molecular flexibility index (Phi) is 18.3. The van der Waals surface area contributed by atoms with E-state index in [0.717, 1.165) is 32.1 Å². The van der Waals surface area contributed by atoms with E-state index in [2.05, 4.69) is 6.92 Å².